The van der Waals surface area contributed by atoms with E-state index >= 15 is 0 Å². The highest BCUT2D eigenvalue weighted by molar-refractivity contribution is 9.10. The highest BCUT2D eigenvalue weighted by atomic mass is 79.9. The number of carbonyl (C=O) groups excluding carboxylic acids is 1. The van der Waals surface area contributed by atoms with Gasteiger partial charge in [0.2, 0.25) is 0 Å². The van der Waals surface area contributed by atoms with E-state index in [4.69, 9.17) is 15.4 Å². The van der Waals surface area contributed by atoms with Gasteiger partial charge in [-0.15, -0.1) is 0 Å². The van der Waals surface area contributed by atoms with E-state index in [-0.39, 0.29) is 30.1 Å². The summed E-state index contributed by atoms with van der Waals surface area (Å²) < 4.78 is 5.65. The minimum Gasteiger partial charge on any atom is -0.444 e. The second-order valence-electron chi connectivity index (χ2n) is 3.72. The molecule has 1 aromatic heterocycles. The molecule has 0 aliphatic rings. The van der Waals surface area contributed by atoms with Crippen molar-refractivity contribution in [2.24, 2.45) is 10.9 Å². The van der Waals surface area contributed by atoms with E-state index < -0.39 is 0 Å². The van der Waals surface area contributed by atoms with Crippen LogP contribution in [0.3, 0.4) is 0 Å². The summed E-state index contributed by atoms with van der Waals surface area (Å²) in [6, 6.07) is 3.11. The van der Waals surface area contributed by atoms with Crippen molar-refractivity contribution in [3.63, 3.8) is 0 Å². The van der Waals surface area contributed by atoms with Crippen molar-refractivity contribution in [1.82, 2.24) is 4.90 Å². The number of rotatable bonds is 4. The molecule has 1 amide bonds. The van der Waals surface area contributed by atoms with Gasteiger partial charge in [-0.25, -0.2) is 0 Å². The number of nitrogens with two attached hydrogens (primary N) is 1. The average molecular weight is 304 g/mol. The lowest BCUT2D eigenvalue weighted by atomic mass is 10.2. The molecular weight excluding hydrogens is 290 g/mol. The zero-order valence-electron chi connectivity index (χ0n) is 9.55. The summed E-state index contributed by atoms with van der Waals surface area (Å²) in [6.07, 6.45) is 0. The Morgan fingerprint density at radius 3 is 2.71 bits per heavy atom. The Labute approximate surface area is 107 Å². The molecule has 0 spiro atoms. The molecule has 1 rings (SSSR count). The van der Waals surface area contributed by atoms with Crippen LogP contribution in [0.25, 0.3) is 0 Å². The van der Waals surface area contributed by atoms with Crippen molar-refractivity contribution in [3.05, 3.63) is 22.6 Å². The van der Waals surface area contributed by atoms with Gasteiger partial charge in [-0.1, -0.05) is 5.16 Å². The molecule has 0 fully saturated rings. The zero-order chi connectivity index (χ0) is 13.0. The van der Waals surface area contributed by atoms with Crippen molar-refractivity contribution in [3.8, 4) is 0 Å². The molecule has 0 aromatic carbocycles. The number of amides is 1. The zero-order valence-corrected chi connectivity index (χ0v) is 11.1. The summed E-state index contributed by atoms with van der Waals surface area (Å²) in [4.78, 5) is 13.5. The minimum absolute atomic E-state index is 0.0299. The first-order chi connectivity index (χ1) is 7.95. The van der Waals surface area contributed by atoms with Crippen LogP contribution >= 0.6 is 15.9 Å². The Morgan fingerprint density at radius 1 is 1.65 bits per heavy atom. The van der Waals surface area contributed by atoms with Gasteiger partial charge in [-0.05, 0) is 41.9 Å². The molecule has 6 nitrogen and oxygen atoms in total. The van der Waals surface area contributed by atoms with Crippen LogP contribution in [-0.4, -0.2) is 34.4 Å². The van der Waals surface area contributed by atoms with E-state index in [0.29, 0.717) is 4.67 Å². The number of amidine groups is 1. The number of nitrogens with zero attached hydrogens (tertiary/aromatic N) is 2. The van der Waals surface area contributed by atoms with E-state index in [1.54, 1.807) is 12.1 Å². The van der Waals surface area contributed by atoms with Crippen molar-refractivity contribution in [2.75, 3.05) is 6.54 Å². The summed E-state index contributed by atoms with van der Waals surface area (Å²) in [6.45, 7) is 3.71. The lowest BCUT2D eigenvalue weighted by Crippen LogP contribution is -2.42. The molecule has 0 atom stereocenters. The third-order valence-corrected chi connectivity index (χ3v) is 2.56. The lowest BCUT2D eigenvalue weighted by molar-refractivity contribution is 0.0700. The summed E-state index contributed by atoms with van der Waals surface area (Å²) in [5.74, 6) is -0.133. The van der Waals surface area contributed by atoms with Crippen LogP contribution in [0.5, 0.6) is 0 Å². The molecule has 0 radical (unpaired) electrons. The van der Waals surface area contributed by atoms with Gasteiger partial charge in [0.15, 0.2) is 16.3 Å². The van der Waals surface area contributed by atoms with E-state index in [0.717, 1.165) is 0 Å². The third kappa shape index (κ3) is 3.48. The monoisotopic (exact) mass is 303 g/mol. The normalized spacial score (nSPS) is 11.9. The summed E-state index contributed by atoms with van der Waals surface area (Å²) in [7, 11) is 0. The van der Waals surface area contributed by atoms with Crippen LogP contribution in [0.2, 0.25) is 0 Å². The number of carbonyl (C=O) groups is 1. The summed E-state index contributed by atoms with van der Waals surface area (Å²) in [5, 5.41) is 11.4. The first kappa shape index (κ1) is 13.6. The van der Waals surface area contributed by atoms with E-state index in [9.17, 15) is 4.79 Å². The minimum atomic E-state index is -0.308. The van der Waals surface area contributed by atoms with Crippen molar-refractivity contribution >= 4 is 27.7 Å². The third-order valence-electron chi connectivity index (χ3n) is 2.13. The molecule has 0 aliphatic heterocycles. The Morgan fingerprint density at radius 2 is 2.29 bits per heavy atom. The molecule has 0 bridgehead atoms. The lowest BCUT2D eigenvalue weighted by Gasteiger charge is -2.24. The predicted octanol–water partition coefficient (Wildman–Crippen LogP) is 1.64. The fraction of sp³-hybridized carbons (Fsp3) is 0.400. The molecule has 0 saturated heterocycles. The highest BCUT2D eigenvalue weighted by Crippen LogP contribution is 2.16. The fourth-order valence-electron chi connectivity index (χ4n) is 1.27. The second kappa shape index (κ2) is 5.72. The Hall–Kier alpha value is -1.50. The molecule has 0 saturated carbocycles. The molecular formula is C10H14BrN3O3. The van der Waals surface area contributed by atoms with Gasteiger partial charge in [0.25, 0.3) is 5.91 Å². The summed E-state index contributed by atoms with van der Waals surface area (Å²) in [5.41, 5.74) is 5.40. The van der Waals surface area contributed by atoms with E-state index in [1.165, 1.54) is 4.90 Å². The Kier molecular flexibility index (Phi) is 4.56. The van der Waals surface area contributed by atoms with Crippen molar-refractivity contribution < 1.29 is 14.4 Å². The van der Waals surface area contributed by atoms with Gasteiger partial charge in [0.1, 0.15) is 0 Å². The number of hydrogen-bond acceptors (Lipinski definition) is 4. The number of oxime groups is 1. The number of halogens is 1. The molecule has 0 aliphatic carbocycles. The van der Waals surface area contributed by atoms with Crippen LogP contribution in [0, 0.1) is 0 Å². The maximum atomic E-state index is 12.1. The second-order valence-corrected chi connectivity index (χ2v) is 4.50. The number of furan rings is 1. The van der Waals surface area contributed by atoms with Gasteiger partial charge >= 0.3 is 0 Å². The summed E-state index contributed by atoms with van der Waals surface area (Å²) >= 11 is 3.13. The standard InChI is InChI=1S/C10H14BrN3O3/c1-6(2)14(5-9(12)13-16)10(15)7-3-4-8(11)17-7/h3-4,6,16H,5H2,1-2H3,(H2,12,13). The quantitative estimate of drug-likeness (QED) is 0.383. The Bertz CT molecular complexity index is 428. The van der Waals surface area contributed by atoms with Crippen molar-refractivity contribution in [1.29, 1.82) is 0 Å². The van der Waals surface area contributed by atoms with Gasteiger partial charge in [0, 0.05) is 6.04 Å². The largest absolute Gasteiger partial charge is 0.444 e. The van der Waals surface area contributed by atoms with E-state index in [1.807, 2.05) is 13.8 Å². The maximum absolute atomic E-state index is 12.1. The first-order valence-corrected chi connectivity index (χ1v) is 5.77. The van der Waals surface area contributed by atoms with Gasteiger partial charge in [0.05, 0.1) is 6.54 Å². The van der Waals surface area contributed by atoms with Crippen LogP contribution in [-0.2, 0) is 0 Å². The molecule has 1 aromatic rings. The molecule has 3 N–H and O–H groups in total. The number of hydrogen-bond donors (Lipinski definition) is 2. The maximum Gasteiger partial charge on any atom is 0.290 e. The van der Waals surface area contributed by atoms with Crippen LogP contribution < -0.4 is 5.73 Å². The average Bonchev–Trinajstić information content (AvgIpc) is 2.71. The van der Waals surface area contributed by atoms with Gasteiger partial charge in [-0.2, -0.15) is 0 Å². The van der Waals surface area contributed by atoms with E-state index in [2.05, 4.69) is 21.1 Å². The van der Waals surface area contributed by atoms with Gasteiger partial charge in [-0.3, -0.25) is 4.79 Å². The van der Waals surface area contributed by atoms with Crippen molar-refractivity contribution in [2.45, 2.75) is 19.9 Å². The topological polar surface area (TPSA) is 92.1 Å². The smallest absolute Gasteiger partial charge is 0.290 e. The molecule has 17 heavy (non-hydrogen) atoms. The van der Waals surface area contributed by atoms with Crippen LogP contribution in [0.15, 0.2) is 26.4 Å². The molecule has 94 valence electrons. The predicted molar refractivity (Wildman–Crippen MR) is 66.0 cm³/mol. The Balaban J connectivity index is 2.88. The first-order valence-electron chi connectivity index (χ1n) is 4.98. The molecule has 7 heteroatoms. The molecule has 1 heterocycles. The van der Waals surface area contributed by atoms with Crippen LogP contribution in [0.1, 0.15) is 24.4 Å². The highest BCUT2D eigenvalue weighted by Gasteiger charge is 2.22. The fourth-order valence-corrected chi connectivity index (χ4v) is 1.57. The van der Waals surface area contributed by atoms with Crippen LogP contribution in [0.4, 0.5) is 0 Å². The van der Waals surface area contributed by atoms with Gasteiger partial charge < -0.3 is 20.3 Å². The SMILES string of the molecule is CC(C)N(CC(N)=NO)C(=O)c1ccc(Br)o1. The molecule has 0 unspecified atom stereocenters.